The van der Waals surface area contributed by atoms with Gasteiger partial charge >= 0.3 is 0 Å². The molecule has 0 radical (unpaired) electrons. The lowest BCUT2D eigenvalue weighted by Crippen LogP contribution is -2.37. The minimum absolute atomic E-state index is 0.000741. The van der Waals surface area contributed by atoms with Gasteiger partial charge in [0.25, 0.3) is 5.91 Å². The third-order valence-corrected chi connectivity index (χ3v) is 2.82. The number of hydrogen-bond acceptors (Lipinski definition) is 4. The first-order valence-electron chi connectivity index (χ1n) is 6.67. The summed E-state index contributed by atoms with van der Waals surface area (Å²) in [6.07, 6.45) is 0.949. The molecule has 1 rings (SSSR count). The molecule has 1 aromatic rings. The average Bonchev–Trinajstić information content (AvgIpc) is 2.42. The molecule has 1 N–H and O–H groups in total. The molecule has 0 aromatic carbocycles. The van der Waals surface area contributed by atoms with Crippen molar-refractivity contribution >= 4 is 11.7 Å². The summed E-state index contributed by atoms with van der Waals surface area (Å²) in [5.41, 5.74) is 0.499. The Morgan fingerprint density at radius 3 is 2.58 bits per heavy atom. The zero-order valence-corrected chi connectivity index (χ0v) is 12.3. The van der Waals surface area contributed by atoms with Gasteiger partial charge in [0.05, 0.1) is 0 Å². The first kappa shape index (κ1) is 15.4. The lowest BCUT2D eigenvalue weighted by atomic mass is 10.3. The van der Waals surface area contributed by atoms with Crippen LogP contribution < -0.4 is 5.32 Å². The van der Waals surface area contributed by atoms with Crippen LogP contribution in [-0.2, 0) is 0 Å². The fraction of sp³-hybridized carbons (Fsp3) is 0.571. The van der Waals surface area contributed by atoms with Crippen LogP contribution in [0, 0.1) is 0 Å². The van der Waals surface area contributed by atoms with Crippen molar-refractivity contribution in [3.05, 3.63) is 23.9 Å². The number of rotatable bonds is 7. The van der Waals surface area contributed by atoms with E-state index in [0.29, 0.717) is 5.69 Å². The minimum Gasteiger partial charge on any atom is -0.373 e. The van der Waals surface area contributed by atoms with E-state index in [9.17, 15) is 4.79 Å². The second kappa shape index (κ2) is 7.74. The van der Waals surface area contributed by atoms with Crippen LogP contribution in [0.4, 0.5) is 5.82 Å². The van der Waals surface area contributed by atoms with Gasteiger partial charge in [-0.15, -0.1) is 0 Å². The second-order valence-corrected chi connectivity index (χ2v) is 4.75. The van der Waals surface area contributed by atoms with E-state index in [1.54, 1.807) is 13.1 Å². The molecule has 0 saturated carbocycles. The molecule has 0 unspecified atom stereocenters. The van der Waals surface area contributed by atoms with E-state index in [2.05, 4.69) is 22.1 Å². The molecule has 0 atom stereocenters. The summed E-state index contributed by atoms with van der Waals surface area (Å²) in [5.74, 6) is 0.718. The Morgan fingerprint density at radius 1 is 1.26 bits per heavy atom. The van der Waals surface area contributed by atoms with E-state index in [1.807, 2.05) is 31.1 Å². The van der Waals surface area contributed by atoms with Crippen LogP contribution in [0.1, 0.15) is 23.8 Å². The van der Waals surface area contributed by atoms with Crippen molar-refractivity contribution < 1.29 is 4.79 Å². The molecule has 5 heteroatoms. The third-order valence-electron chi connectivity index (χ3n) is 2.82. The number of carbonyl (C=O) groups is 1. The Labute approximate surface area is 115 Å². The molecular formula is C14H24N4O. The average molecular weight is 264 g/mol. The maximum Gasteiger partial charge on any atom is 0.272 e. The molecular weight excluding hydrogens is 240 g/mol. The lowest BCUT2D eigenvalue weighted by molar-refractivity contribution is 0.0739. The maximum absolute atomic E-state index is 12.4. The number of nitrogens with one attached hydrogen (secondary N) is 1. The van der Waals surface area contributed by atoms with Gasteiger partial charge in [-0.2, -0.15) is 0 Å². The number of likely N-dealkylation sites (N-methyl/N-ethyl adjacent to an activating group) is 1. The van der Waals surface area contributed by atoms with E-state index < -0.39 is 0 Å². The van der Waals surface area contributed by atoms with Crippen molar-refractivity contribution in [3.63, 3.8) is 0 Å². The molecule has 0 aliphatic heterocycles. The molecule has 0 aliphatic carbocycles. The first-order chi connectivity index (χ1) is 9.08. The van der Waals surface area contributed by atoms with Gasteiger partial charge < -0.3 is 15.1 Å². The van der Waals surface area contributed by atoms with Crippen molar-refractivity contribution in [2.45, 2.75) is 13.3 Å². The fourth-order valence-electron chi connectivity index (χ4n) is 1.76. The van der Waals surface area contributed by atoms with Crippen molar-refractivity contribution in [2.75, 3.05) is 46.1 Å². The van der Waals surface area contributed by atoms with E-state index in [4.69, 9.17) is 0 Å². The number of amides is 1. The van der Waals surface area contributed by atoms with Crippen molar-refractivity contribution in [3.8, 4) is 0 Å². The number of anilines is 1. The summed E-state index contributed by atoms with van der Waals surface area (Å²) in [6.45, 7) is 4.42. The molecule has 19 heavy (non-hydrogen) atoms. The van der Waals surface area contributed by atoms with Crippen molar-refractivity contribution in [1.82, 2.24) is 14.8 Å². The number of pyridine rings is 1. The highest BCUT2D eigenvalue weighted by Gasteiger charge is 2.16. The van der Waals surface area contributed by atoms with Crippen molar-refractivity contribution in [2.24, 2.45) is 0 Å². The number of nitrogens with zero attached hydrogens (tertiary/aromatic N) is 3. The summed E-state index contributed by atoms with van der Waals surface area (Å²) in [4.78, 5) is 20.7. The second-order valence-electron chi connectivity index (χ2n) is 4.75. The van der Waals surface area contributed by atoms with Gasteiger partial charge in [0.2, 0.25) is 0 Å². The largest absolute Gasteiger partial charge is 0.373 e. The Morgan fingerprint density at radius 2 is 2.00 bits per heavy atom. The predicted molar refractivity (Wildman–Crippen MR) is 78.5 cm³/mol. The van der Waals surface area contributed by atoms with Gasteiger partial charge in [-0.25, -0.2) is 4.98 Å². The van der Waals surface area contributed by atoms with E-state index in [0.717, 1.165) is 31.9 Å². The summed E-state index contributed by atoms with van der Waals surface area (Å²) >= 11 is 0. The fourth-order valence-corrected chi connectivity index (χ4v) is 1.76. The van der Waals surface area contributed by atoms with Crippen LogP contribution in [0.2, 0.25) is 0 Å². The third kappa shape index (κ3) is 4.87. The molecule has 0 fully saturated rings. The van der Waals surface area contributed by atoms with Gasteiger partial charge in [-0.3, -0.25) is 4.79 Å². The Kier molecular flexibility index (Phi) is 6.29. The van der Waals surface area contributed by atoms with E-state index >= 15 is 0 Å². The van der Waals surface area contributed by atoms with Gasteiger partial charge in [0.15, 0.2) is 0 Å². The Bertz CT molecular complexity index is 406. The quantitative estimate of drug-likeness (QED) is 0.811. The molecule has 0 spiro atoms. The van der Waals surface area contributed by atoms with Crippen molar-refractivity contribution in [1.29, 1.82) is 0 Å². The number of aromatic nitrogens is 1. The molecule has 0 bridgehead atoms. The van der Waals surface area contributed by atoms with Crippen LogP contribution in [0.15, 0.2) is 18.2 Å². The number of hydrogen-bond donors (Lipinski definition) is 1. The SMILES string of the molecule is CCCN(CCN(C)C)C(=O)c1cccc(NC)n1. The molecule has 1 amide bonds. The van der Waals surface area contributed by atoms with Crippen LogP contribution >= 0.6 is 0 Å². The molecule has 1 heterocycles. The standard InChI is InChI=1S/C14H24N4O/c1-5-9-18(11-10-17(3)4)14(19)12-7-6-8-13(15-2)16-12/h6-8H,5,9-11H2,1-4H3,(H,15,16). The Hall–Kier alpha value is -1.62. The smallest absolute Gasteiger partial charge is 0.272 e. The normalized spacial score (nSPS) is 10.6. The molecule has 106 valence electrons. The van der Waals surface area contributed by atoms with Crippen LogP contribution in [0.5, 0.6) is 0 Å². The topological polar surface area (TPSA) is 48.5 Å². The lowest BCUT2D eigenvalue weighted by Gasteiger charge is -2.23. The Balaban J connectivity index is 2.79. The summed E-state index contributed by atoms with van der Waals surface area (Å²) < 4.78 is 0. The summed E-state index contributed by atoms with van der Waals surface area (Å²) in [5, 5.41) is 2.95. The maximum atomic E-state index is 12.4. The highest BCUT2D eigenvalue weighted by molar-refractivity contribution is 5.92. The predicted octanol–water partition coefficient (Wildman–Crippen LogP) is 1.54. The van der Waals surface area contributed by atoms with Crippen LogP contribution in [0.3, 0.4) is 0 Å². The monoisotopic (exact) mass is 264 g/mol. The molecule has 5 nitrogen and oxygen atoms in total. The highest BCUT2D eigenvalue weighted by atomic mass is 16.2. The summed E-state index contributed by atoms with van der Waals surface area (Å²) in [6, 6.07) is 5.46. The van der Waals surface area contributed by atoms with E-state index in [1.165, 1.54) is 0 Å². The molecule has 0 saturated heterocycles. The zero-order chi connectivity index (χ0) is 14.3. The molecule has 0 aliphatic rings. The van der Waals surface area contributed by atoms with Gasteiger partial charge in [0.1, 0.15) is 11.5 Å². The first-order valence-corrected chi connectivity index (χ1v) is 6.67. The van der Waals surface area contributed by atoms with Crippen LogP contribution in [0.25, 0.3) is 0 Å². The van der Waals surface area contributed by atoms with E-state index in [-0.39, 0.29) is 5.91 Å². The summed E-state index contributed by atoms with van der Waals surface area (Å²) in [7, 11) is 5.81. The molecule has 1 aromatic heterocycles. The van der Waals surface area contributed by atoms with Gasteiger partial charge in [-0.05, 0) is 32.6 Å². The van der Waals surface area contributed by atoms with Gasteiger partial charge in [0, 0.05) is 26.7 Å². The number of carbonyl (C=O) groups excluding carboxylic acids is 1. The zero-order valence-electron chi connectivity index (χ0n) is 12.3. The highest BCUT2D eigenvalue weighted by Crippen LogP contribution is 2.07. The van der Waals surface area contributed by atoms with Crippen LogP contribution in [-0.4, -0.2) is 61.5 Å². The van der Waals surface area contributed by atoms with Gasteiger partial charge in [-0.1, -0.05) is 13.0 Å². The minimum atomic E-state index is 0.000741.